The van der Waals surface area contributed by atoms with Crippen molar-refractivity contribution < 1.29 is 24.2 Å². The van der Waals surface area contributed by atoms with E-state index in [1.54, 1.807) is 36.4 Å². The van der Waals surface area contributed by atoms with E-state index in [-0.39, 0.29) is 11.5 Å². The molecule has 1 N–H and O–H groups in total. The van der Waals surface area contributed by atoms with E-state index in [0.29, 0.717) is 40.8 Å². The summed E-state index contributed by atoms with van der Waals surface area (Å²) in [7, 11) is 1.53. The maximum Gasteiger partial charge on any atom is 0.343 e. The highest BCUT2D eigenvalue weighted by molar-refractivity contribution is 9.10. The van der Waals surface area contributed by atoms with Crippen molar-refractivity contribution in [2.24, 2.45) is 0 Å². The van der Waals surface area contributed by atoms with Crippen LogP contribution >= 0.6 is 15.9 Å². The van der Waals surface area contributed by atoms with Crippen molar-refractivity contribution in [3.8, 4) is 17.2 Å². The average Bonchev–Trinajstić information content (AvgIpc) is 2.83. The van der Waals surface area contributed by atoms with Crippen LogP contribution in [0.4, 0.5) is 0 Å². The van der Waals surface area contributed by atoms with Crippen LogP contribution < -0.4 is 9.47 Å². The number of esters is 1. The van der Waals surface area contributed by atoms with Crippen LogP contribution in [0.1, 0.15) is 47.2 Å². The fraction of sp³-hybridized carbons (Fsp3) is 0.259. The predicted octanol–water partition coefficient (Wildman–Crippen LogP) is 6.30. The van der Waals surface area contributed by atoms with E-state index in [4.69, 9.17) is 9.47 Å². The van der Waals surface area contributed by atoms with E-state index in [1.165, 1.54) is 7.11 Å². The largest absolute Gasteiger partial charge is 0.504 e. The molecule has 0 aliphatic rings. The number of Topliss-reactive ketones (excluding diaryl/α,β-unsaturated/α-hetero) is 1. The zero-order chi connectivity index (χ0) is 23.6. The third-order valence-corrected chi connectivity index (χ3v) is 5.94. The van der Waals surface area contributed by atoms with Gasteiger partial charge >= 0.3 is 5.97 Å². The number of carbonyl (C=O) groups is 2. The molecule has 0 unspecified atom stereocenters. The average molecular weight is 511 g/mol. The number of benzene rings is 3. The maximum atomic E-state index is 12.3. The van der Waals surface area contributed by atoms with Crippen molar-refractivity contribution in [2.45, 2.75) is 38.5 Å². The van der Waals surface area contributed by atoms with E-state index in [9.17, 15) is 14.7 Å². The number of hydrogen-bond donors (Lipinski definition) is 1. The Kier molecular flexibility index (Phi) is 9.07. The first-order valence-corrected chi connectivity index (χ1v) is 11.7. The summed E-state index contributed by atoms with van der Waals surface area (Å²) in [4.78, 5) is 24.5. The molecule has 5 nitrogen and oxygen atoms in total. The van der Waals surface area contributed by atoms with Gasteiger partial charge in [-0.2, -0.15) is 0 Å². The smallest absolute Gasteiger partial charge is 0.343 e. The fourth-order valence-electron chi connectivity index (χ4n) is 3.45. The summed E-state index contributed by atoms with van der Waals surface area (Å²) in [6.07, 6.45) is 4.21. The monoisotopic (exact) mass is 510 g/mol. The van der Waals surface area contributed by atoms with Gasteiger partial charge in [0.15, 0.2) is 11.5 Å². The molecular formula is C27H27BrO5. The molecule has 0 aliphatic heterocycles. The highest BCUT2D eigenvalue weighted by Crippen LogP contribution is 2.28. The fourth-order valence-corrected chi connectivity index (χ4v) is 3.96. The third-order valence-electron chi connectivity index (χ3n) is 5.32. The molecule has 3 aromatic carbocycles. The predicted molar refractivity (Wildman–Crippen MR) is 131 cm³/mol. The van der Waals surface area contributed by atoms with E-state index in [2.05, 4.69) is 15.9 Å². The Morgan fingerprint density at radius 3 is 2.30 bits per heavy atom. The quantitative estimate of drug-likeness (QED) is 0.186. The molecule has 0 bridgehead atoms. The number of phenolic OH excluding ortho intramolecular Hbond substituents is 1. The molecule has 33 heavy (non-hydrogen) atoms. The Bertz CT molecular complexity index is 1090. The molecule has 0 saturated carbocycles. The summed E-state index contributed by atoms with van der Waals surface area (Å²) >= 11 is 3.46. The first-order valence-electron chi connectivity index (χ1n) is 10.9. The molecule has 0 spiro atoms. The number of carbonyl (C=O) groups excluding carboxylic acids is 2. The Morgan fingerprint density at radius 2 is 1.58 bits per heavy atom. The minimum Gasteiger partial charge on any atom is -0.504 e. The number of aryl methyl sites for hydroxylation is 2. The van der Waals surface area contributed by atoms with Crippen LogP contribution in [0.3, 0.4) is 0 Å². The second-order valence-corrected chi connectivity index (χ2v) is 8.63. The van der Waals surface area contributed by atoms with Gasteiger partial charge in [-0.3, -0.25) is 4.79 Å². The van der Waals surface area contributed by atoms with Crippen LogP contribution in [-0.2, 0) is 17.6 Å². The van der Waals surface area contributed by atoms with Crippen molar-refractivity contribution in [1.82, 2.24) is 0 Å². The normalized spacial score (nSPS) is 10.6. The Labute approximate surface area is 202 Å². The lowest BCUT2D eigenvalue weighted by Gasteiger charge is -2.09. The number of ketones is 1. The molecule has 0 aromatic heterocycles. The van der Waals surface area contributed by atoms with E-state index in [1.807, 2.05) is 30.3 Å². The van der Waals surface area contributed by atoms with Gasteiger partial charge in [0.05, 0.1) is 17.1 Å². The summed E-state index contributed by atoms with van der Waals surface area (Å²) in [5.41, 5.74) is 2.57. The van der Waals surface area contributed by atoms with Gasteiger partial charge in [0.25, 0.3) is 0 Å². The zero-order valence-electron chi connectivity index (χ0n) is 18.6. The molecule has 0 atom stereocenters. The number of methoxy groups -OCH3 is 1. The maximum absolute atomic E-state index is 12.3. The lowest BCUT2D eigenvalue weighted by atomic mass is 10.0. The van der Waals surface area contributed by atoms with Crippen molar-refractivity contribution in [3.63, 3.8) is 0 Å². The van der Waals surface area contributed by atoms with Crippen molar-refractivity contribution in [2.75, 3.05) is 7.11 Å². The van der Waals surface area contributed by atoms with E-state index < -0.39 is 5.97 Å². The van der Waals surface area contributed by atoms with Gasteiger partial charge in [0, 0.05) is 12.8 Å². The topological polar surface area (TPSA) is 72.8 Å². The van der Waals surface area contributed by atoms with Gasteiger partial charge in [-0.25, -0.2) is 4.79 Å². The Balaban J connectivity index is 1.41. The van der Waals surface area contributed by atoms with Gasteiger partial charge in [-0.05, 0) is 89.1 Å². The third kappa shape index (κ3) is 7.46. The van der Waals surface area contributed by atoms with Crippen LogP contribution in [0.2, 0.25) is 0 Å². The summed E-state index contributed by atoms with van der Waals surface area (Å²) in [6, 6.07) is 19.7. The number of rotatable bonds is 11. The van der Waals surface area contributed by atoms with Gasteiger partial charge in [0.2, 0.25) is 0 Å². The lowest BCUT2D eigenvalue weighted by molar-refractivity contribution is -0.119. The molecule has 3 aromatic rings. The number of hydrogen-bond acceptors (Lipinski definition) is 5. The molecule has 0 fully saturated rings. The molecular weight excluding hydrogens is 484 g/mol. The first kappa shape index (κ1) is 24.5. The summed E-state index contributed by atoms with van der Waals surface area (Å²) < 4.78 is 11.3. The van der Waals surface area contributed by atoms with Crippen LogP contribution in [0.5, 0.6) is 17.2 Å². The molecule has 0 aliphatic carbocycles. The van der Waals surface area contributed by atoms with Crippen molar-refractivity contribution in [3.05, 3.63) is 87.9 Å². The molecule has 3 rings (SSSR count). The number of phenols is 1. The molecule has 0 saturated heterocycles. The Morgan fingerprint density at radius 1 is 0.848 bits per heavy atom. The van der Waals surface area contributed by atoms with Crippen LogP contribution in [-0.4, -0.2) is 24.0 Å². The van der Waals surface area contributed by atoms with Gasteiger partial charge in [-0.1, -0.05) is 30.3 Å². The van der Waals surface area contributed by atoms with Gasteiger partial charge in [-0.15, -0.1) is 0 Å². The highest BCUT2D eigenvalue weighted by atomic mass is 79.9. The summed E-state index contributed by atoms with van der Waals surface area (Å²) in [6.45, 7) is 0. The second kappa shape index (κ2) is 12.2. The lowest BCUT2D eigenvalue weighted by Crippen LogP contribution is -2.08. The number of unbranched alkanes of at least 4 members (excludes halogenated alkanes) is 1. The molecule has 6 heteroatoms. The van der Waals surface area contributed by atoms with Gasteiger partial charge < -0.3 is 14.6 Å². The highest BCUT2D eigenvalue weighted by Gasteiger charge is 2.12. The van der Waals surface area contributed by atoms with Crippen molar-refractivity contribution in [1.29, 1.82) is 0 Å². The molecule has 0 heterocycles. The SMILES string of the molecule is COc1cc(CCCCC(=O)CCc2ccc(OC(=O)c3ccccc3)c(Br)c2)ccc1O. The molecule has 0 amide bonds. The van der Waals surface area contributed by atoms with Gasteiger partial charge in [0.1, 0.15) is 11.5 Å². The standard InChI is InChI=1S/C27H27BrO5/c1-32-26-18-19(12-15-24(26)30)7-5-6-10-22(29)14-11-20-13-16-25(23(28)17-20)33-27(31)21-8-3-2-4-9-21/h2-4,8-9,12-13,15-18,30H,5-7,10-11,14H2,1H3. The molecule has 172 valence electrons. The second-order valence-electron chi connectivity index (χ2n) is 7.77. The van der Waals surface area contributed by atoms with E-state index in [0.717, 1.165) is 30.4 Å². The number of ether oxygens (including phenoxy) is 2. The van der Waals surface area contributed by atoms with Crippen LogP contribution in [0.15, 0.2) is 71.2 Å². The van der Waals surface area contributed by atoms with E-state index >= 15 is 0 Å². The minimum absolute atomic E-state index is 0.130. The first-order chi connectivity index (χ1) is 16.0. The zero-order valence-corrected chi connectivity index (χ0v) is 20.1. The number of halogens is 1. The number of aromatic hydroxyl groups is 1. The minimum atomic E-state index is -0.412. The Hall–Kier alpha value is -3.12. The van der Waals surface area contributed by atoms with Crippen LogP contribution in [0, 0.1) is 0 Å². The summed E-state index contributed by atoms with van der Waals surface area (Å²) in [5, 5.41) is 9.66. The van der Waals surface area contributed by atoms with Crippen LogP contribution in [0.25, 0.3) is 0 Å². The van der Waals surface area contributed by atoms with Crippen molar-refractivity contribution >= 4 is 27.7 Å². The summed E-state index contributed by atoms with van der Waals surface area (Å²) in [5.74, 6) is 0.866. The molecule has 0 radical (unpaired) electrons.